The molecule has 2 rings (SSSR count). The van der Waals surface area contributed by atoms with Crippen molar-refractivity contribution < 1.29 is 9.84 Å². The number of aliphatic hydroxyl groups is 1. The van der Waals surface area contributed by atoms with Crippen LogP contribution in [0.3, 0.4) is 0 Å². The fourth-order valence-electron chi connectivity index (χ4n) is 1.84. The largest absolute Gasteiger partial charge is 0.493 e. The highest BCUT2D eigenvalue weighted by Crippen LogP contribution is 2.35. The number of hydrogen-bond donors (Lipinski definition) is 1. The van der Waals surface area contributed by atoms with Crippen LogP contribution in [0, 0.1) is 0 Å². The first kappa shape index (κ1) is 10.5. The topological polar surface area (TPSA) is 29.5 Å². The molecule has 2 heteroatoms. The summed E-state index contributed by atoms with van der Waals surface area (Å²) in [5.41, 5.74) is 2.30. The molecule has 15 heavy (non-hydrogen) atoms. The van der Waals surface area contributed by atoms with Crippen LogP contribution in [0.4, 0.5) is 0 Å². The Kier molecular flexibility index (Phi) is 2.47. The highest BCUT2D eigenvalue weighted by molar-refractivity contribution is 5.42. The lowest BCUT2D eigenvalue weighted by atomic mass is 9.85. The summed E-state index contributed by atoms with van der Waals surface area (Å²) < 4.78 is 5.50. The van der Waals surface area contributed by atoms with Crippen LogP contribution in [0.25, 0.3) is 0 Å². The fraction of sp³-hybridized carbons (Fsp3) is 0.538. The molecule has 1 atom stereocenters. The fourth-order valence-corrected chi connectivity index (χ4v) is 1.84. The first-order chi connectivity index (χ1) is 6.98. The Balaban J connectivity index is 2.44. The molecule has 1 heterocycles. The van der Waals surface area contributed by atoms with Gasteiger partial charge in [0.25, 0.3) is 0 Å². The van der Waals surface area contributed by atoms with Gasteiger partial charge in [0.1, 0.15) is 5.75 Å². The summed E-state index contributed by atoms with van der Waals surface area (Å²) in [5, 5.41) is 9.87. The van der Waals surface area contributed by atoms with E-state index in [2.05, 4.69) is 32.9 Å². The van der Waals surface area contributed by atoms with Gasteiger partial charge in [0, 0.05) is 12.0 Å². The van der Waals surface area contributed by atoms with Crippen LogP contribution in [0.2, 0.25) is 0 Å². The van der Waals surface area contributed by atoms with Crippen LogP contribution in [-0.4, -0.2) is 11.7 Å². The maximum atomic E-state index is 9.87. The second-order valence-corrected chi connectivity index (χ2v) is 5.16. The molecular formula is C13H18O2. The monoisotopic (exact) mass is 206 g/mol. The van der Waals surface area contributed by atoms with E-state index in [1.807, 2.05) is 6.07 Å². The zero-order chi connectivity index (χ0) is 11.1. The Bertz CT molecular complexity index is 363. The van der Waals surface area contributed by atoms with E-state index in [4.69, 9.17) is 4.74 Å². The van der Waals surface area contributed by atoms with Crippen LogP contribution >= 0.6 is 0 Å². The predicted molar refractivity (Wildman–Crippen MR) is 60.2 cm³/mol. The standard InChI is InChI=1S/C13H18O2/c1-13(2,3)9-4-5-12-10(8-9)11(14)6-7-15-12/h4-5,8,11,14H,6-7H2,1-3H3/t11-/m1/s1. The van der Waals surface area contributed by atoms with Gasteiger partial charge in [0.15, 0.2) is 0 Å². The van der Waals surface area contributed by atoms with E-state index in [1.54, 1.807) is 0 Å². The van der Waals surface area contributed by atoms with Gasteiger partial charge in [0.05, 0.1) is 12.7 Å². The summed E-state index contributed by atoms with van der Waals surface area (Å²) in [7, 11) is 0. The van der Waals surface area contributed by atoms with Gasteiger partial charge in [-0.1, -0.05) is 26.8 Å². The summed E-state index contributed by atoms with van der Waals surface area (Å²) in [6.07, 6.45) is 0.330. The number of fused-ring (bicyclic) bond motifs is 1. The third-order valence-corrected chi connectivity index (χ3v) is 2.88. The smallest absolute Gasteiger partial charge is 0.125 e. The third-order valence-electron chi connectivity index (χ3n) is 2.88. The van der Waals surface area contributed by atoms with E-state index < -0.39 is 0 Å². The summed E-state index contributed by atoms with van der Waals surface area (Å²) >= 11 is 0. The van der Waals surface area contributed by atoms with Crippen molar-refractivity contribution in [1.82, 2.24) is 0 Å². The SMILES string of the molecule is CC(C)(C)c1ccc2c(c1)[C@H](O)CCO2. The highest BCUT2D eigenvalue weighted by atomic mass is 16.5. The van der Waals surface area contributed by atoms with Crippen molar-refractivity contribution in [3.8, 4) is 5.75 Å². The van der Waals surface area contributed by atoms with Gasteiger partial charge in [-0.2, -0.15) is 0 Å². The predicted octanol–water partition coefficient (Wildman–Crippen LogP) is 2.80. The lowest BCUT2D eigenvalue weighted by molar-refractivity contribution is 0.115. The van der Waals surface area contributed by atoms with Gasteiger partial charge in [-0.25, -0.2) is 0 Å². The lowest BCUT2D eigenvalue weighted by Gasteiger charge is -2.26. The Morgan fingerprint density at radius 1 is 1.33 bits per heavy atom. The molecule has 0 aliphatic carbocycles. The quantitative estimate of drug-likeness (QED) is 0.707. The molecule has 0 saturated carbocycles. The molecule has 0 unspecified atom stereocenters. The van der Waals surface area contributed by atoms with Crippen molar-refractivity contribution in [3.63, 3.8) is 0 Å². The molecule has 2 nitrogen and oxygen atoms in total. The van der Waals surface area contributed by atoms with Crippen LogP contribution in [0.5, 0.6) is 5.75 Å². The van der Waals surface area contributed by atoms with Crippen LogP contribution in [0.15, 0.2) is 18.2 Å². The number of rotatable bonds is 0. The van der Waals surface area contributed by atoms with Crippen LogP contribution in [0.1, 0.15) is 44.4 Å². The van der Waals surface area contributed by atoms with Crippen molar-refractivity contribution in [2.24, 2.45) is 0 Å². The molecule has 1 aromatic rings. The van der Waals surface area contributed by atoms with Crippen molar-refractivity contribution in [1.29, 1.82) is 0 Å². The van der Waals surface area contributed by atoms with Gasteiger partial charge >= 0.3 is 0 Å². The maximum absolute atomic E-state index is 9.87. The Hall–Kier alpha value is -1.02. The molecule has 0 radical (unpaired) electrons. The van der Waals surface area contributed by atoms with E-state index in [-0.39, 0.29) is 11.5 Å². The molecule has 0 bridgehead atoms. The third kappa shape index (κ3) is 2.00. The highest BCUT2D eigenvalue weighted by Gasteiger charge is 2.22. The van der Waals surface area contributed by atoms with Crippen molar-refractivity contribution >= 4 is 0 Å². The van der Waals surface area contributed by atoms with E-state index in [0.717, 1.165) is 11.3 Å². The summed E-state index contributed by atoms with van der Waals surface area (Å²) in [6.45, 7) is 7.13. The van der Waals surface area contributed by atoms with E-state index in [1.165, 1.54) is 5.56 Å². The molecule has 0 saturated heterocycles. The summed E-state index contributed by atoms with van der Waals surface area (Å²) in [6, 6.07) is 6.12. The molecule has 0 fully saturated rings. The second-order valence-electron chi connectivity index (χ2n) is 5.16. The van der Waals surface area contributed by atoms with E-state index in [9.17, 15) is 5.11 Å². The minimum absolute atomic E-state index is 0.117. The Morgan fingerprint density at radius 3 is 2.73 bits per heavy atom. The number of benzene rings is 1. The van der Waals surface area contributed by atoms with E-state index >= 15 is 0 Å². The first-order valence-corrected chi connectivity index (χ1v) is 5.44. The summed E-state index contributed by atoms with van der Waals surface area (Å²) in [5.74, 6) is 0.835. The lowest BCUT2D eigenvalue weighted by Crippen LogP contribution is -2.17. The summed E-state index contributed by atoms with van der Waals surface area (Å²) in [4.78, 5) is 0. The second kappa shape index (κ2) is 3.53. The molecule has 1 aromatic carbocycles. The zero-order valence-electron chi connectivity index (χ0n) is 9.58. The molecule has 0 amide bonds. The molecule has 1 aliphatic rings. The molecule has 82 valence electrons. The average molecular weight is 206 g/mol. The van der Waals surface area contributed by atoms with Gasteiger partial charge in [-0.05, 0) is 23.1 Å². The van der Waals surface area contributed by atoms with E-state index in [0.29, 0.717) is 13.0 Å². The average Bonchev–Trinajstić information content (AvgIpc) is 2.16. The maximum Gasteiger partial charge on any atom is 0.125 e. The van der Waals surface area contributed by atoms with Crippen LogP contribution < -0.4 is 4.74 Å². The normalized spacial score (nSPS) is 20.7. The zero-order valence-corrected chi connectivity index (χ0v) is 9.58. The molecule has 1 N–H and O–H groups in total. The van der Waals surface area contributed by atoms with Gasteiger partial charge in [-0.3, -0.25) is 0 Å². The van der Waals surface area contributed by atoms with Crippen LogP contribution in [-0.2, 0) is 5.41 Å². The number of ether oxygens (including phenoxy) is 1. The molecule has 0 spiro atoms. The first-order valence-electron chi connectivity index (χ1n) is 5.44. The van der Waals surface area contributed by atoms with Crippen molar-refractivity contribution in [3.05, 3.63) is 29.3 Å². The molecular weight excluding hydrogens is 188 g/mol. The minimum atomic E-state index is -0.365. The van der Waals surface area contributed by atoms with Crippen molar-refractivity contribution in [2.45, 2.75) is 38.7 Å². The van der Waals surface area contributed by atoms with Gasteiger partial charge < -0.3 is 9.84 Å². The molecule has 0 aromatic heterocycles. The number of hydrogen-bond acceptors (Lipinski definition) is 2. The van der Waals surface area contributed by atoms with Gasteiger partial charge in [0.2, 0.25) is 0 Å². The van der Waals surface area contributed by atoms with Crippen molar-refractivity contribution in [2.75, 3.05) is 6.61 Å². The minimum Gasteiger partial charge on any atom is -0.493 e. The Morgan fingerprint density at radius 2 is 2.07 bits per heavy atom. The molecule has 1 aliphatic heterocycles. The number of aliphatic hydroxyl groups excluding tert-OH is 1. The Labute approximate surface area is 90.9 Å². The van der Waals surface area contributed by atoms with Gasteiger partial charge in [-0.15, -0.1) is 0 Å².